The number of benzene rings is 10. The second-order valence-corrected chi connectivity index (χ2v) is 23.5. The van der Waals surface area contributed by atoms with Crippen molar-refractivity contribution in [1.29, 1.82) is 0 Å². The molecule has 14 aromatic rings. The molecule has 2 aliphatic carbocycles. The molecule has 16 rings (SSSR count). The first-order valence-corrected chi connectivity index (χ1v) is 30.3. The van der Waals surface area contributed by atoms with E-state index in [1.54, 1.807) is 14.2 Å². The van der Waals surface area contributed by atoms with Crippen LogP contribution in [0, 0.1) is 0 Å². The summed E-state index contributed by atoms with van der Waals surface area (Å²) >= 11 is 3.71. The van der Waals surface area contributed by atoms with E-state index in [0.717, 1.165) is 58.7 Å². The molecule has 4 aromatic heterocycles. The predicted octanol–water partition coefficient (Wildman–Crippen LogP) is 20.7. The minimum Gasteiger partial charge on any atom is -0.497 e. The van der Waals surface area contributed by atoms with E-state index in [0.29, 0.717) is 0 Å². The molecule has 0 saturated carbocycles. The maximum Gasteiger partial charge on any atom is 0.119 e. The number of nitrogens with zero attached hydrogens (tertiary/aromatic N) is 4. The molecule has 83 heavy (non-hydrogen) atoms. The van der Waals surface area contributed by atoms with Crippen LogP contribution in [0.5, 0.6) is 11.5 Å². The molecule has 0 atom stereocenters. The summed E-state index contributed by atoms with van der Waals surface area (Å²) in [7, 11) is 3.47. The third-order valence-electron chi connectivity index (χ3n) is 17.7. The van der Waals surface area contributed by atoms with Crippen LogP contribution in [0.2, 0.25) is 0 Å². The quantitative estimate of drug-likeness (QED) is 0.122. The first-order valence-electron chi connectivity index (χ1n) is 28.5. The Bertz CT molecular complexity index is 4550. The minimum absolute atomic E-state index is 0.581. The molecular weight excluding hydrogens is 1050 g/mol. The molecule has 0 radical (unpaired) electrons. The molecule has 0 fully saturated rings. The lowest BCUT2D eigenvalue weighted by Crippen LogP contribution is -2.26. The molecule has 0 amide bonds. The van der Waals surface area contributed by atoms with Crippen LogP contribution in [0.4, 0.5) is 34.1 Å². The van der Waals surface area contributed by atoms with Crippen molar-refractivity contribution in [1.82, 2.24) is 9.13 Å². The summed E-state index contributed by atoms with van der Waals surface area (Å²) in [6.45, 7) is 6.18. The van der Waals surface area contributed by atoms with E-state index in [9.17, 15) is 0 Å². The van der Waals surface area contributed by atoms with Crippen LogP contribution in [0.3, 0.4) is 0 Å². The van der Waals surface area contributed by atoms with Crippen LogP contribution < -0.4 is 19.3 Å². The average Bonchev–Trinajstić information content (AvgIpc) is 1.60. The van der Waals surface area contributed by atoms with E-state index in [-0.39, 0.29) is 0 Å². The van der Waals surface area contributed by atoms with Gasteiger partial charge in [0.05, 0.1) is 30.7 Å². The molecule has 0 bridgehead atoms. The molecule has 6 nitrogen and oxygen atoms in total. The van der Waals surface area contributed by atoms with Gasteiger partial charge < -0.3 is 28.4 Å². The maximum absolute atomic E-state index is 5.76. The van der Waals surface area contributed by atoms with Gasteiger partial charge in [-0.25, -0.2) is 0 Å². The Kier molecular flexibility index (Phi) is 11.4. The molecule has 0 N–H and O–H groups in total. The summed E-state index contributed by atoms with van der Waals surface area (Å²) in [6, 6.07) is 85.6. The molecule has 2 aliphatic rings. The van der Waals surface area contributed by atoms with Gasteiger partial charge in [0.1, 0.15) is 11.5 Å². The number of thiophene rings is 2. The normalized spacial score (nSPS) is 12.8. The summed E-state index contributed by atoms with van der Waals surface area (Å²) < 4.78 is 16.5. The molecule has 1 spiro atoms. The second-order valence-electron chi connectivity index (χ2n) is 21.7. The van der Waals surface area contributed by atoms with Gasteiger partial charge in [0.15, 0.2) is 0 Å². The third-order valence-corrected chi connectivity index (χ3v) is 19.7. The molecule has 0 saturated heterocycles. The van der Waals surface area contributed by atoms with Crippen LogP contribution in [0.25, 0.3) is 86.7 Å². The summed E-state index contributed by atoms with van der Waals surface area (Å²) in [5.41, 5.74) is 23.4. The van der Waals surface area contributed by atoms with Gasteiger partial charge in [0.2, 0.25) is 0 Å². The van der Waals surface area contributed by atoms with Gasteiger partial charge in [-0.1, -0.05) is 109 Å². The van der Waals surface area contributed by atoms with Gasteiger partial charge in [0, 0.05) is 89.5 Å². The molecule has 0 aliphatic heterocycles. The van der Waals surface area contributed by atoms with Crippen molar-refractivity contribution in [3.05, 3.63) is 264 Å². The number of methoxy groups -OCH3 is 2. The van der Waals surface area contributed by atoms with Crippen molar-refractivity contribution in [2.24, 2.45) is 0 Å². The first kappa shape index (κ1) is 49.2. The Labute approximate surface area is 490 Å². The summed E-state index contributed by atoms with van der Waals surface area (Å²) in [5, 5.41) is 9.59. The number of hydrogen-bond donors (Lipinski definition) is 0. The first-order chi connectivity index (χ1) is 40.9. The van der Waals surface area contributed by atoms with Crippen LogP contribution in [-0.4, -0.2) is 23.4 Å². The van der Waals surface area contributed by atoms with Gasteiger partial charge in [-0.2, -0.15) is 0 Å². The average molecular weight is 1110 g/mol. The summed E-state index contributed by atoms with van der Waals surface area (Å²) in [4.78, 5) is 7.58. The zero-order chi connectivity index (χ0) is 55.5. The van der Waals surface area contributed by atoms with Crippen molar-refractivity contribution >= 4 is 100 Å². The third kappa shape index (κ3) is 7.39. The fourth-order valence-electron chi connectivity index (χ4n) is 14.0. The molecule has 10 aromatic carbocycles. The van der Waals surface area contributed by atoms with E-state index in [4.69, 9.17) is 9.47 Å². The zero-order valence-electron chi connectivity index (χ0n) is 46.4. The standard InChI is InChI=1S/C75H56N4O2S2/c1-5-76-69-41-49(47-13-9-7-10-14-47)17-31-61(69)63-35-25-55(45-71(63)76)78(51-19-27-57(80-3)28-20-51)53-23-33-59-60-34-24-54(44-68(60)75(67(59)43-53)65-37-39-82-73(65)74-66(75)38-40-83-74)79(52-21-29-58(81-4)30-22-52)56-26-36-64-62-32-18-50(48-15-11-8-12-16-48)42-70(62)77(6-2)72(64)46-56/h7-46H,5-6H2,1-4H3. The Balaban J connectivity index is 0.881. The largest absolute Gasteiger partial charge is 0.497 e. The number of aromatic nitrogens is 2. The summed E-state index contributed by atoms with van der Waals surface area (Å²) in [6.07, 6.45) is 0. The lowest BCUT2D eigenvalue weighted by Gasteiger charge is -2.32. The fourth-order valence-corrected chi connectivity index (χ4v) is 16.1. The van der Waals surface area contributed by atoms with E-state index in [1.807, 2.05) is 22.7 Å². The van der Waals surface area contributed by atoms with Gasteiger partial charge in [-0.3, -0.25) is 0 Å². The number of fused-ring (bicyclic) bond motifs is 16. The van der Waals surface area contributed by atoms with Crippen molar-refractivity contribution in [2.45, 2.75) is 32.4 Å². The Morgan fingerprint density at radius 2 is 0.711 bits per heavy atom. The summed E-state index contributed by atoms with van der Waals surface area (Å²) in [5.74, 6) is 1.64. The number of rotatable bonds is 12. The van der Waals surface area contributed by atoms with Crippen molar-refractivity contribution in [2.75, 3.05) is 24.0 Å². The number of hydrogen-bond acceptors (Lipinski definition) is 6. The van der Waals surface area contributed by atoms with Crippen LogP contribution in [-0.2, 0) is 18.5 Å². The Morgan fingerprint density at radius 1 is 0.349 bits per heavy atom. The lowest BCUT2D eigenvalue weighted by atomic mass is 9.71. The zero-order valence-corrected chi connectivity index (χ0v) is 48.1. The van der Waals surface area contributed by atoms with Crippen molar-refractivity contribution in [3.63, 3.8) is 0 Å². The molecule has 400 valence electrons. The van der Waals surface area contributed by atoms with Crippen LogP contribution in [0.15, 0.2) is 241 Å². The van der Waals surface area contributed by atoms with Gasteiger partial charge >= 0.3 is 0 Å². The highest BCUT2D eigenvalue weighted by atomic mass is 32.1. The molecule has 0 unspecified atom stereocenters. The van der Waals surface area contributed by atoms with E-state index >= 15 is 0 Å². The molecular formula is C75H56N4O2S2. The van der Waals surface area contributed by atoms with Gasteiger partial charge in [-0.15, -0.1) is 22.7 Å². The number of aryl methyl sites for hydroxylation is 2. The van der Waals surface area contributed by atoms with Crippen LogP contribution in [0.1, 0.15) is 36.1 Å². The minimum atomic E-state index is -0.581. The Morgan fingerprint density at radius 3 is 1.11 bits per heavy atom. The van der Waals surface area contributed by atoms with Gasteiger partial charge in [0.25, 0.3) is 0 Å². The highest BCUT2D eigenvalue weighted by Gasteiger charge is 2.53. The predicted molar refractivity (Wildman–Crippen MR) is 349 cm³/mol. The highest BCUT2D eigenvalue weighted by molar-refractivity contribution is 7.21. The van der Waals surface area contributed by atoms with E-state index < -0.39 is 5.41 Å². The topological polar surface area (TPSA) is 34.8 Å². The SMILES string of the molecule is CCn1c2cc(-c3ccccc3)ccc2c2ccc(N(c3ccc(OC)cc3)c3ccc4c(c3)C3(c5cc(N(c6ccc(OC)cc6)c6ccc7c8ccc(-c9ccccc9)cc8n(CC)c7c6)ccc5-4)c4ccsc4-c4sccc43)cc21. The Hall–Kier alpha value is -9.60. The van der Waals surface area contributed by atoms with Crippen LogP contribution >= 0.6 is 22.7 Å². The number of ether oxygens (including phenoxy) is 2. The van der Waals surface area contributed by atoms with Gasteiger partial charge in [-0.05, 0) is 202 Å². The van der Waals surface area contributed by atoms with Crippen molar-refractivity contribution < 1.29 is 9.47 Å². The maximum atomic E-state index is 5.76. The molecule has 8 heteroatoms. The fraction of sp³-hybridized carbons (Fsp3) is 0.0933. The number of anilines is 6. The van der Waals surface area contributed by atoms with E-state index in [1.165, 1.54) is 109 Å². The lowest BCUT2D eigenvalue weighted by molar-refractivity contribution is 0.414. The monoisotopic (exact) mass is 1110 g/mol. The molecule has 4 heterocycles. The highest BCUT2D eigenvalue weighted by Crippen LogP contribution is 2.66. The smallest absolute Gasteiger partial charge is 0.119 e. The van der Waals surface area contributed by atoms with E-state index in [2.05, 4.69) is 274 Å². The van der Waals surface area contributed by atoms with Crippen molar-refractivity contribution in [3.8, 4) is 54.6 Å². The second kappa shape index (κ2) is 19.3.